The molecule has 3 aromatic rings. The Labute approximate surface area is 149 Å². The van der Waals surface area contributed by atoms with Gasteiger partial charge in [-0.15, -0.1) is 16.4 Å². The molecular weight excluding hydrogens is 366 g/mol. The molecule has 10 nitrogen and oxygen atoms in total. The van der Waals surface area contributed by atoms with E-state index in [0.29, 0.717) is 21.5 Å². The maximum atomic E-state index is 11.9. The lowest BCUT2D eigenvalue weighted by Crippen LogP contribution is -2.13. The first kappa shape index (κ1) is 16.9. The number of nitro groups is 1. The van der Waals surface area contributed by atoms with Gasteiger partial charge < -0.3 is 11.1 Å². The van der Waals surface area contributed by atoms with Crippen LogP contribution in [0.3, 0.4) is 0 Å². The number of carbonyl (C=O) groups is 1. The lowest BCUT2D eigenvalue weighted by molar-refractivity contribution is -0.384. The predicted octanol–water partition coefficient (Wildman–Crippen LogP) is 2.15. The smallest absolute Gasteiger partial charge is 0.270 e. The number of aromatic amines is 1. The second-order valence-electron chi connectivity index (χ2n) is 4.69. The minimum Gasteiger partial charge on any atom is -0.368 e. The number of aromatic nitrogens is 4. The second kappa shape index (κ2) is 7.27. The molecule has 1 amide bonds. The SMILES string of the molecule is Nc1nc(SCC(=O)Nc2nc(-c3cccc([N+](=O)[O-])c3)cs2)n[nH]1. The fourth-order valence-electron chi connectivity index (χ4n) is 1.85. The summed E-state index contributed by atoms with van der Waals surface area (Å²) in [6.45, 7) is 0. The van der Waals surface area contributed by atoms with E-state index >= 15 is 0 Å². The summed E-state index contributed by atoms with van der Waals surface area (Å²) in [5, 5.41) is 22.3. The Morgan fingerprint density at radius 1 is 1.44 bits per heavy atom. The van der Waals surface area contributed by atoms with Crippen molar-refractivity contribution >= 4 is 45.8 Å². The number of anilines is 2. The van der Waals surface area contributed by atoms with E-state index in [-0.39, 0.29) is 23.3 Å². The Bertz CT molecular complexity index is 924. The van der Waals surface area contributed by atoms with Crippen LogP contribution < -0.4 is 11.1 Å². The number of thiazole rings is 1. The summed E-state index contributed by atoms with van der Waals surface area (Å²) in [6, 6.07) is 6.15. The van der Waals surface area contributed by atoms with Crippen molar-refractivity contribution in [3.8, 4) is 11.3 Å². The summed E-state index contributed by atoms with van der Waals surface area (Å²) in [7, 11) is 0. The van der Waals surface area contributed by atoms with Crippen LogP contribution in [0.2, 0.25) is 0 Å². The Hall–Kier alpha value is -2.99. The minimum absolute atomic E-state index is 0.0155. The van der Waals surface area contributed by atoms with Gasteiger partial charge in [-0.1, -0.05) is 23.9 Å². The second-order valence-corrected chi connectivity index (χ2v) is 6.49. The van der Waals surface area contributed by atoms with Crippen molar-refractivity contribution < 1.29 is 9.72 Å². The number of nitro benzene ring substituents is 1. The Kier molecular flexibility index (Phi) is 4.90. The molecular formula is C13H11N7O3S2. The number of rotatable bonds is 6. The van der Waals surface area contributed by atoms with Gasteiger partial charge in [0, 0.05) is 23.1 Å². The number of H-pyrrole nitrogens is 1. The Balaban J connectivity index is 1.62. The van der Waals surface area contributed by atoms with E-state index in [0.717, 1.165) is 11.8 Å². The van der Waals surface area contributed by atoms with Crippen LogP contribution in [0, 0.1) is 10.1 Å². The lowest BCUT2D eigenvalue weighted by atomic mass is 10.1. The molecule has 0 radical (unpaired) electrons. The number of thioether (sulfide) groups is 1. The molecule has 0 spiro atoms. The van der Waals surface area contributed by atoms with Crippen LogP contribution in [0.25, 0.3) is 11.3 Å². The number of nitrogens with zero attached hydrogens (tertiary/aromatic N) is 4. The normalized spacial score (nSPS) is 10.6. The predicted molar refractivity (Wildman–Crippen MR) is 94.4 cm³/mol. The number of benzene rings is 1. The van der Waals surface area contributed by atoms with Crippen molar-refractivity contribution in [2.45, 2.75) is 5.16 Å². The van der Waals surface area contributed by atoms with Gasteiger partial charge in [-0.25, -0.2) is 10.1 Å². The molecule has 2 aromatic heterocycles. The quantitative estimate of drug-likeness (QED) is 0.335. The summed E-state index contributed by atoms with van der Waals surface area (Å²) in [6.07, 6.45) is 0. The third kappa shape index (κ3) is 4.30. The molecule has 3 rings (SSSR count). The number of hydrogen-bond acceptors (Lipinski definition) is 9. The zero-order valence-electron chi connectivity index (χ0n) is 12.5. The number of amides is 1. The van der Waals surface area contributed by atoms with Gasteiger partial charge in [0.05, 0.1) is 16.4 Å². The molecule has 0 aliphatic rings. The molecule has 12 heteroatoms. The number of hydrogen-bond donors (Lipinski definition) is 3. The van der Waals surface area contributed by atoms with E-state index in [1.54, 1.807) is 17.5 Å². The van der Waals surface area contributed by atoms with E-state index in [1.807, 2.05) is 0 Å². The van der Waals surface area contributed by atoms with Crippen molar-refractivity contribution in [1.82, 2.24) is 20.2 Å². The first-order valence-electron chi connectivity index (χ1n) is 6.82. The lowest BCUT2D eigenvalue weighted by Gasteiger charge is -1.99. The molecule has 2 heterocycles. The highest BCUT2D eigenvalue weighted by atomic mass is 32.2. The van der Waals surface area contributed by atoms with Crippen molar-refractivity contribution in [3.05, 3.63) is 39.8 Å². The topological polar surface area (TPSA) is 153 Å². The van der Waals surface area contributed by atoms with Crippen LogP contribution in [-0.2, 0) is 4.79 Å². The molecule has 0 atom stereocenters. The van der Waals surface area contributed by atoms with Crippen LogP contribution in [0.15, 0.2) is 34.8 Å². The van der Waals surface area contributed by atoms with Crippen LogP contribution in [0.1, 0.15) is 0 Å². The van der Waals surface area contributed by atoms with Gasteiger partial charge >= 0.3 is 0 Å². The van der Waals surface area contributed by atoms with Crippen LogP contribution >= 0.6 is 23.1 Å². The molecule has 0 unspecified atom stereocenters. The van der Waals surface area contributed by atoms with Crippen molar-refractivity contribution in [3.63, 3.8) is 0 Å². The van der Waals surface area contributed by atoms with E-state index in [9.17, 15) is 14.9 Å². The minimum atomic E-state index is -0.467. The summed E-state index contributed by atoms with van der Waals surface area (Å²) < 4.78 is 0. The van der Waals surface area contributed by atoms with Gasteiger partial charge in [0.25, 0.3) is 5.69 Å². The highest BCUT2D eigenvalue weighted by molar-refractivity contribution is 7.99. The van der Waals surface area contributed by atoms with Crippen molar-refractivity contribution in [1.29, 1.82) is 0 Å². The van der Waals surface area contributed by atoms with E-state index in [1.165, 1.54) is 23.5 Å². The van der Waals surface area contributed by atoms with Gasteiger partial charge in [-0.05, 0) is 0 Å². The molecule has 0 saturated heterocycles. The molecule has 0 saturated carbocycles. The molecule has 25 heavy (non-hydrogen) atoms. The summed E-state index contributed by atoms with van der Waals surface area (Å²) in [5.41, 5.74) is 6.55. The molecule has 0 aliphatic heterocycles. The monoisotopic (exact) mass is 377 g/mol. The van der Waals surface area contributed by atoms with Gasteiger partial charge in [0.2, 0.25) is 17.0 Å². The summed E-state index contributed by atoms with van der Waals surface area (Å²) in [5.74, 6) is 0.0148. The highest BCUT2D eigenvalue weighted by Crippen LogP contribution is 2.27. The Morgan fingerprint density at radius 2 is 2.28 bits per heavy atom. The molecule has 0 fully saturated rings. The largest absolute Gasteiger partial charge is 0.368 e. The maximum absolute atomic E-state index is 11.9. The first-order valence-corrected chi connectivity index (χ1v) is 8.68. The zero-order chi connectivity index (χ0) is 17.8. The van der Waals surface area contributed by atoms with Gasteiger partial charge in [0.1, 0.15) is 0 Å². The third-order valence-electron chi connectivity index (χ3n) is 2.92. The fourth-order valence-corrected chi connectivity index (χ4v) is 3.19. The standard InChI is InChI=1S/C13H11N7O3S2/c14-11-17-13(19-18-11)25-6-10(21)16-12-15-9(5-24-12)7-2-1-3-8(4-7)20(22)23/h1-5H,6H2,(H,15,16,21)(H3,14,17,18,19). The van der Waals surface area contributed by atoms with Crippen molar-refractivity contribution in [2.24, 2.45) is 0 Å². The summed E-state index contributed by atoms with van der Waals surface area (Å²) >= 11 is 2.37. The average Bonchev–Trinajstić information content (AvgIpc) is 3.22. The number of non-ortho nitro benzene ring substituents is 1. The summed E-state index contributed by atoms with van der Waals surface area (Å²) in [4.78, 5) is 30.5. The Morgan fingerprint density at radius 3 is 3.00 bits per heavy atom. The number of nitrogens with one attached hydrogen (secondary N) is 2. The van der Waals surface area contributed by atoms with E-state index < -0.39 is 4.92 Å². The molecule has 0 bridgehead atoms. The van der Waals surface area contributed by atoms with Crippen LogP contribution in [0.5, 0.6) is 0 Å². The van der Waals surface area contributed by atoms with E-state index in [4.69, 9.17) is 5.73 Å². The van der Waals surface area contributed by atoms with Gasteiger partial charge in [-0.2, -0.15) is 4.98 Å². The van der Waals surface area contributed by atoms with Crippen LogP contribution in [-0.4, -0.2) is 36.7 Å². The average molecular weight is 377 g/mol. The molecule has 1 aromatic carbocycles. The van der Waals surface area contributed by atoms with Gasteiger partial charge in [-0.3, -0.25) is 14.9 Å². The highest BCUT2D eigenvalue weighted by Gasteiger charge is 2.12. The molecule has 128 valence electrons. The van der Waals surface area contributed by atoms with Crippen molar-refractivity contribution in [2.75, 3.05) is 16.8 Å². The number of nitrogens with two attached hydrogens (primary N) is 1. The van der Waals surface area contributed by atoms with Gasteiger partial charge in [0.15, 0.2) is 5.13 Å². The first-order chi connectivity index (χ1) is 12.0. The molecule has 0 aliphatic carbocycles. The van der Waals surface area contributed by atoms with E-state index in [2.05, 4.69) is 25.5 Å². The van der Waals surface area contributed by atoms with Crippen LogP contribution in [0.4, 0.5) is 16.8 Å². The maximum Gasteiger partial charge on any atom is 0.270 e. The number of carbonyl (C=O) groups excluding carboxylic acids is 1. The third-order valence-corrected chi connectivity index (χ3v) is 4.52. The zero-order valence-corrected chi connectivity index (χ0v) is 14.1. The molecule has 4 N–H and O–H groups in total. The number of nitrogen functional groups attached to an aromatic ring is 1. The fraction of sp³-hybridized carbons (Fsp3) is 0.0769.